The number of rotatable bonds is 6. The molecule has 0 amide bonds. The number of nitrogens with zero attached hydrogens (tertiary/aromatic N) is 2. The van der Waals surface area contributed by atoms with Crippen LogP contribution in [0.3, 0.4) is 0 Å². The van der Waals surface area contributed by atoms with Gasteiger partial charge in [0.25, 0.3) is 0 Å². The highest BCUT2D eigenvalue weighted by Crippen LogP contribution is 2.39. The van der Waals surface area contributed by atoms with Crippen LogP contribution in [0.4, 0.5) is 11.4 Å². The maximum Gasteiger partial charge on any atom is 0.333 e. The first-order valence-corrected chi connectivity index (χ1v) is 6.84. The lowest BCUT2D eigenvalue weighted by Crippen LogP contribution is -2.38. The Labute approximate surface area is 122 Å². The Morgan fingerprint density at radius 2 is 2.14 bits per heavy atom. The SMILES string of the molecule is COc1cccc(N(CC(=O)O)C2CCCC2)c1[N+](=O)[O-]. The first kappa shape index (κ1) is 15.1. The molecule has 1 N–H and O–H groups in total. The molecule has 1 fully saturated rings. The van der Waals surface area contributed by atoms with Gasteiger partial charge in [-0.2, -0.15) is 0 Å². The van der Waals surface area contributed by atoms with Crippen molar-refractivity contribution in [2.45, 2.75) is 31.7 Å². The lowest BCUT2D eigenvalue weighted by atomic mass is 10.1. The topological polar surface area (TPSA) is 92.9 Å². The molecule has 2 rings (SSSR count). The minimum atomic E-state index is -1.00. The van der Waals surface area contributed by atoms with E-state index in [9.17, 15) is 14.9 Å². The summed E-state index contributed by atoms with van der Waals surface area (Å²) in [5, 5.41) is 20.5. The third-order valence-corrected chi connectivity index (χ3v) is 3.76. The molecule has 1 aliphatic rings. The number of benzene rings is 1. The van der Waals surface area contributed by atoms with Gasteiger partial charge in [0, 0.05) is 6.04 Å². The molecule has 21 heavy (non-hydrogen) atoms. The Balaban J connectivity index is 2.47. The summed E-state index contributed by atoms with van der Waals surface area (Å²) in [7, 11) is 1.36. The highest BCUT2D eigenvalue weighted by Gasteiger charge is 2.31. The number of carboxylic acid groups (broad SMARTS) is 1. The van der Waals surface area contributed by atoms with Crippen molar-refractivity contribution >= 4 is 17.3 Å². The molecular weight excluding hydrogens is 276 g/mol. The van der Waals surface area contributed by atoms with Crippen LogP contribution in [0.1, 0.15) is 25.7 Å². The zero-order chi connectivity index (χ0) is 15.4. The van der Waals surface area contributed by atoms with E-state index in [2.05, 4.69) is 0 Å². The molecule has 0 spiro atoms. The van der Waals surface area contributed by atoms with Gasteiger partial charge < -0.3 is 14.7 Å². The van der Waals surface area contributed by atoms with Gasteiger partial charge in [-0.05, 0) is 25.0 Å². The largest absolute Gasteiger partial charge is 0.490 e. The highest BCUT2D eigenvalue weighted by atomic mass is 16.6. The molecule has 0 radical (unpaired) electrons. The number of ether oxygens (including phenoxy) is 1. The molecule has 114 valence electrons. The second-order valence-electron chi connectivity index (χ2n) is 5.05. The summed E-state index contributed by atoms with van der Waals surface area (Å²) in [6.07, 6.45) is 3.72. The number of carboxylic acids is 1. The smallest absolute Gasteiger partial charge is 0.333 e. The maximum atomic E-state index is 11.4. The van der Waals surface area contributed by atoms with Gasteiger partial charge in [0.05, 0.1) is 12.0 Å². The molecule has 1 aliphatic carbocycles. The fraction of sp³-hybridized carbons (Fsp3) is 0.500. The molecule has 0 atom stereocenters. The fourth-order valence-electron chi connectivity index (χ4n) is 2.86. The van der Waals surface area contributed by atoms with Gasteiger partial charge in [0.1, 0.15) is 12.2 Å². The Kier molecular flexibility index (Phi) is 4.62. The van der Waals surface area contributed by atoms with Crippen LogP contribution in [-0.4, -0.2) is 35.7 Å². The van der Waals surface area contributed by atoms with E-state index in [1.54, 1.807) is 17.0 Å². The molecule has 0 aliphatic heterocycles. The van der Waals surface area contributed by atoms with Crippen LogP contribution < -0.4 is 9.64 Å². The van der Waals surface area contributed by atoms with Gasteiger partial charge in [-0.1, -0.05) is 18.9 Å². The van der Waals surface area contributed by atoms with Crippen molar-refractivity contribution in [3.05, 3.63) is 28.3 Å². The van der Waals surface area contributed by atoms with Crippen LogP contribution in [0.25, 0.3) is 0 Å². The fourth-order valence-corrected chi connectivity index (χ4v) is 2.86. The lowest BCUT2D eigenvalue weighted by Gasteiger charge is -2.29. The predicted octanol–water partition coefficient (Wildman–Crippen LogP) is 2.44. The number of nitro groups is 1. The average Bonchev–Trinajstić information content (AvgIpc) is 2.97. The van der Waals surface area contributed by atoms with Crippen molar-refractivity contribution < 1.29 is 19.6 Å². The molecule has 0 unspecified atom stereocenters. The van der Waals surface area contributed by atoms with Crippen molar-refractivity contribution in [1.29, 1.82) is 0 Å². The van der Waals surface area contributed by atoms with Gasteiger partial charge in [-0.25, -0.2) is 0 Å². The van der Waals surface area contributed by atoms with Gasteiger partial charge in [0.2, 0.25) is 0 Å². The summed E-state index contributed by atoms with van der Waals surface area (Å²) in [6, 6.07) is 4.76. The molecule has 1 aromatic rings. The monoisotopic (exact) mass is 294 g/mol. The number of nitro benzene ring substituents is 1. The molecule has 7 nitrogen and oxygen atoms in total. The Hall–Kier alpha value is -2.31. The number of methoxy groups -OCH3 is 1. The maximum absolute atomic E-state index is 11.4. The van der Waals surface area contributed by atoms with Gasteiger partial charge in [-0.15, -0.1) is 0 Å². The molecule has 0 heterocycles. The van der Waals surface area contributed by atoms with Gasteiger partial charge in [0.15, 0.2) is 5.75 Å². The van der Waals surface area contributed by atoms with E-state index in [1.165, 1.54) is 13.2 Å². The van der Waals surface area contributed by atoms with E-state index in [-0.39, 0.29) is 24.0 Å². The van der Waals surface area contributed by atoms with Crippen LogP contribution in [-0.2, 0) is 4.79 Å². The average molecular weight is 294 g/mol. The van der Waals surface area contributed by atoms with Crippen molar-refractivity contribution in [3.8, 4) is 5.75 Å². The molecular formula is C14H18N2O5. The van der Waals surface area contributed by atoms with Crippen molar-refractivity contribution in [3.63, 3.8) is 0 Å². The number of aliphatic carboxylic acids is 1. The van der Waals surface area contributed by atoms with Crippen molar-refractivity contribution in [1.82, 2.24) is 0 Å². The first-order valence-electron chi connectivity index (χ1n) is 6.84. The zero-order valence-corrected chi connectivity index (χ0v) is 11.8. The molecule has 0 bridgehead atoms. The summed E-state index contributed by atoms with van der Waals surface area (Å²) >= 11 is 0. The van der Waals surface area contributed by atoms with E-state index in [0.29, 0.717) is 5.69 Å². The minimum absolute atomic E-state index is 0.0203. The minimum Gasteiger partial charge on any atom is -0.490 e. The van der Waals surface area contributed by atoms with Crippen LogP contribution in [0.15, 0.2) is 18.2 Å². The molecule has 0 saturated heterocycles. The number of carbonyl (C=O) groups is 1. The van der Waals surface area contributed by atoms with Crippen molar-refractivity contribution in [2.24, 2.45) is 0 Å². The zero-order valence-electron chi connectivity index (χ0n) is 11.8. The number of hydrogen-bond donors (Lipinski definition) is 1. The normalized spacial score (nSPS) is 14.9. The summed E-state index contributed by atoms with van der Waals surface area (Å²) in [5.41, 5.74) is 0.141. The van der Waals surface area contributed by atoms with Gasteiger partial charge >= 0.3 is 11.7 Å². The second kappa shape index (κ2) is 6.43. The third kappa shape index (κ3) is 3.24. The number of anilines is 1. The number of para-hydroxylation sites is 1. The van der Waals surface area contributed by atoms with Crippen LogP contribution >= 0.6 is 0 Å². The number of hydrogen-bond acceptors (Lipinski definition) is 5. The lowest BCUT2D eigenvalue weighted by molar-refractivity contribution is -0.385. The van der Waals surface area contributed by atoms with Gasteiger partial charge in [-0.3, -0.25) is 14.9 Å². The Morgan fingerprint density at radius 1 is 1.48 bits per heavy atom. The quantitative estimate of drug-likeness (QED) is 0.640. The highest BCUT2D eigenvalue weighted by molar-refractivity contribution is 5.78. The van der Waals surface area contributed by atoms with E-state index >= 15 is 0 Å². The van der Waals surface area contributed by atoms with E-state index in [4.69, 9.17) is 9.84 Å². The van der Waals surface area contributed by atoms with Crippen LogP contribution in [0.5, 0.6) is 5.75 Å². The van der Waals surface area contributed by atoms with Crippen molar-refractivity contribution in [2.75, 3.05) is 18.6 Å². The first-order chi connectivity index (χ1) is 10.0. The third-order valence-electron chi connectivity index (χ3n) is 3.76. The van der Waals surface area contributed by atoms with E-state index in [0.717, 1.165) is 25.7 Å². The summed E-state index contributed by atoms with van der Waals surface area (Å²) in [5.74, 6) is -0.857. The second-order valence-corrected chi connectivity index (χ2v) is 5.05. The standard InChI is InChI=1S/C14H18N2O5/c1-21-12-8-4-7-11(14(12)16(19)20)15(9-13(17)18)10-5-2-3-6-10/h4,7-8,10H,2-3,5-6,9H2,1H3,(H,17,18). The van der Waals surface area contributed by atoms with E-state index in [1.807, 2.05) is 0 Å². The summed E-state index contributed by atoms with van der Waals surface area (Å²) in [4.78, 5) is 23.6. The predicted molar refractivity (Wildman–Crippen MR) is 76.9 cm³/mol. The molecule has 7 heteroatoms. The summed E-state index contributed by atoms with van der Waals surface area (Å²) < 4.78 is 5.05. The molecule has 1 aromatic carbocycles. The van der Waals surface area contributed by atoms with Crippen LogP contribution in [0, 0.1) is 10.1 Å². The Morgan fingerprint density at radius 3 is 2.67 bits per heavy atom. The van der Waals surface area contributed by atoms with Crippen LogP contribution in [0.2, 0.25) is 0 Å². The molecule has 1 saturated carbocycles. The molecule has 0 aromatic heterocycles. The summed E-state index contributed by atoms with van der Waals surface area (Å²) in [6.45, 7) is -0.251. The van der Waals surface area contributed by atoms with E-state index < -0.39 is 10.9 Å². The Bertz CT molecular complexity index is 540.